The molecule has 1 saturated heterocycles. The third-order valence-corrected chi connectivity index (χ3v) is 4.52. The summed E-state index contributed by atoms with van der Waals surface area (Å²) < 4.78 is 0. The highest BCUT2D eigenvalue weighted by atomic mass is 32.1. The third-order valence-electron chi connectivity index (χ3n) is 3.60. The lowest BCUT2D eigenvalue weighted by atomic mass is 9.82. The predicted octanol–water partition coefficient (Wildman–Crippen LogP) is 2.27. The van der Waals surface area contributed by atoms with Crippen LogP contribution in [-0.4, -0.2) is 36.6 Å². The van der Waals surface area contributed by atoms with E-state index in [0.717, 1.165) is 19.6 Å². The number of nitrogens with one attached hydrogen (secondary N) is 1. The van der Waals surface area contributed by atoms with Crippen LogP contribution in [-0.2, 0) is 6.54 Å². The minimum atomic E-state index is 0.436. The summed E-state index contributed by atoms with van der Waals surface area (Å²) in [7, 11) is 2.22. The molecule has 17 heavy (non-hydrogen) atoms. The van der Waals surface area contributed by atoms with E-state index in [4.69, 9.17) is 0 Å². The SMILES string of the molecule is Cc1ncsc1CN(C)CC1(C)CCCNC1. The summed E-state index contributed by atoms with van der Waals surface area (Å²) in [5.74, 6) is 0. The van der Waals surface area contributed by atoms with Gasteiger partial charge in [0.25, 0.3) is 0 Å². The Kier molecular flexibility index (Phi) is 4.17. The predicted molar refractivity (Wildman–Crippen MR) is 73.4 cm³/mol. The van der Waals surface area contributed by atoms with Gasteiger partial charge < -0.3 is 10.2 Å². The Hall–Kier alpha value is -0.450. The molecule has 4 heteroatoms. The van der Waals surface area contributed by atoms with E-state index < -0.39 is 0 Å². The number of hydrogen-bond donors (Lipinski definition) is 1. The molecule has 0 aromatic carbocycles. The zero-order chi connectivity index (χ0) is 12.3. The van der Waals surface area contributed by atoms with E-state index in [1.165, 1.54) is 30.0 Å². The lowest BCUT2D eigenvalue weighted by Gasteiger charge is -2.37. The highest BCUT2D eigenvalue weighted by molar-refractivity contribution is 7.09. The fraction of sp³-hybridized carbons (Fsp3) is 0.769. The molecule has 96 valence electrons. The number of piperidine rings is 1. The number of rotatable bonds is 4. The Bertz CT molecular complexity index is 355. The van der Waals surface area contributed by atoms with Crippen molar-refractivity contribution >= 4 is 11.3 Å². The van der Waals surface area contributed by atoms with Gasteiger partial charge in [-0.3, -0.25) is 0 Å². The number of hydrogen-bond acceptors (Lipinski definition) is 4. The molecule has 1 aliphatic heterocycles. The standard InChI is InChI=1S/C13H23N3S/c1-11-12(17-10-15-11)7-16(3)9-13(2)5-4-6-14-8-13/h10,14H,4-9H2,1-3H3. The molecule has 0 saturated carbocycles. The van der Waals surface area contributed by atoms with Crippen LogP contribution in [0.25, 0.3) is 0 Å². The zero-order valence-electron chi connectivity index (χ0n) is 11.1. The molecular weight excluding hydrogens is 230 g/mol. The van der Waals surface area contributed by atoms with Gasteiger partial charge in [0.15, 0.2) is 0 Å². The van der Waals surface area contributed by atoms with Gasteiger partial charge >= 0.3 is 0 Å². The minimum absolute atomic E-state index is 0.436. The second kappa shape index (κ2) is 5.46. The fourth-order valence-electron chi connectivity index (χ4n) is 2.68. The second-order valence-electron chi connectivity index (χ2n) is 5.62. The lowest BCUT2D eigenvalue weighted by Crippen LogP contribution is -2.44. The highest BCUT2D eigenvalue weighted by Gasteiger charge is 2.28. The molecule has 2 rings (SSSR count). The van der Waals surface area contributed by atoms with Crippen molar-refractivity contribution in [3.05, 3.63) is 16.1 Å². The van der Waals surface area contributed by atoms with Crippen molar-refractivity contribution in [3.63, 3.8) is 0 Å². The molecule has 1 aliphatic rings. The first kappa shape index (κ1) is 13.0. The van der Waals surface area contributed by atoms with Gasteiger partial charge in [-0.15, -0.1) is 11.3 Å². The largest absolute Gasteiger partial charge is 0.316 e. The molecule has 1 N–H and O–H groups in total. The monoisotopic (exact) mass is 253 g/mol. The van der Waals surface area contributed by atoms with Crippen molar-refractivity contribution in [1.29, 1.82) is 0 Å². The molecule has 1 aromatic heterocycles. The van der Waals surface area contributed by atoms with E-state index in [1.807, 2.05) is 5.51 Å². The van der Waals surface area contributed by atoms with Gasteiger partial charge in [0.2, 0.25) is 0 Å². The summed E-state index contributed by atoms with van der Waals surface area (Å²) >= 11 is 1.77. The molecular formula is C13H23N3S. The van der Waals surface area contributed by atoms with Crippen LogP contribution in [0.2, 0.25) is 0 Å². The zero-order valence-corrected chi connectivity index (χ0v) is 11.9. The second-order valence-corrected chi connectivity index (χ2v) is 6.56. The van der Waals surface area contributed by atoms with Gasteiger partial charge in [-0.05, 0) is 38.8 Å². The van der Waals surface area contributed by atoms with Crippen molar-refractivity contribution in [1.82, 2.24) is 15.2 Å². The van der Waals surface area contributed by atoms with Crippen LogP contribution in [0.5, 0.6) is 0 Å². The Morgan fingerprint density at radius 1 is 1.59 bits per heavy atom. The van der Waals surface area contributed by atoms with Crippen molar-refractivity contribution < 1.29 is 0 Å². The Balaban J connectivity index is 1.88. The average Bonchev–Trinajstić information content (AvgIpc) is 2.64. The van der Waals surface area contributed by atoms with E-state index in [9.17, 15) is 0 Å². The molecule has 0 amide bonds. The van der Waals surface area contributed by atoms with Crippen molar-refractivity contribution in [2.45, 2.75) is 33.2 Å². The van der Waals surface area contributed by atoms with E-state index in [-0.39, 0.29) is 0 Å². The van der Waals surface area contributed by atoms with Crippen LogP contribution >= 0.6 is 11.3 Å². The van der Waals surface area contributed by atoms with Gasteiger partial charge in [0.05, 0.1) is 11.2 Å². The van der Waals surface area contributed by atoms with Crippen LogP contribution in [0.4, 0.5) is 0 Å². The topological polar surface area (TPSA) is 28.2 Å². The molecule has 3 nitrogen and oxygen atoms in total. The fourth-order valence-corrected chi connectivity index (χ4v) is 3.54. The van der Waals surface area contributed by atoms with Crippen molar-refractivity contribution in [2.24, 2.45) is 5.41 Å². The van der Waals surface area contributed by atoms with E-state index in [0.29, 0.717) is 5.41 Å². The minimum Gasteiger partial charge on any atom is -0.316 e. The van der Waals surface area contributed by atoms with Crippen molar-refractivity contribution in [2.75, 3.05) is 26.7 Å². The van der Waals surface area contributed by atoms with Gasteiger partial charge in [0.1, 0.15) is 0 Å². The molecule has 0 spiro atoms. The van der Waals surface area contributed by atoms with Crippen LogP contribution in [0, 0.1) is 12.3 Å². The third kappa shape index (κ3) is 3.50. The maximum Gasteiger partial charge on any atom is 0.0798 e. The van der Waals surface area contributed by atoms with Crippen LogP contribution in [0.1, 0.15) is 30.3 Å². The first-order chi connectivity index (χ1) is 8.09. The summed E-state index contributed by atoms with van der Waals surface area (Å²) in [4.78, 5) is 8.15. The molecule has 2 heterocycles. The summed E-state index contributed by atoms with van der Waals surface area (Å²) in [6.45, 7) is 9.04. The maximum absolute atomic E-state index is 4.31. The average molecular weight is 253 g/mol. The molecule has 1 fully saturated rings. The normalized spacial score (nSPS) is 25.4. The molecule has 1 atom stereocenters. The Morgan fingerprint density at radius 3 is 3.00 bits per heavy atom. The highest BCUT2D eigenvalue weighted by Crippen LogP contribution is 2.27. The van der Waals surface area contributed by atoms with Crippen LogP contribution in [0.3, 0.4) is 0 Å². The van der Waals surface area contributed by atoms with Crippen LogP contribution in [0.15, 0.2) is 5.51 Å². The van der Waals surface area contributed by atoms with Crippen LogP contribution < -0.4 is 5.32 Å². The quantitative estimate of drug-likeness (QED) is 0.892. The van der Waals surface area contributed by atoms with Crippen molar-refractivity contribution in [3.8, 4) is 0 Å². The van der Waals surface area contributed by atoms with Gasteiger partial charge in [-0.2, -0.15) is 0 Å². The number of thiazole rings is 1. The van der Waals surface area contributed by atoms with Gasteiger partial charge in [-0.25, -0.2) is 4.98 Å². The first-order valence-corrected chi connectivity index (χ1v) is 7.25. The van der Waals surface area contributed by atoms with E-state index >= 15 is 0 Å². The maximum atomic E-state index is 4.31. The number of aromatic nitrogens is 1. The van der Waals surface area contributed by atoms with E-state index in [1.54, 1.807) is 11.3 Å². The Morgan fingerprint density at radius 2 is 2.41 bits per heavy atom. The summed E-state index contributed by atoms with van der Waals surface area (Å²) in [6.07, 6.45) is 2.65. The molecule has 0 radical (unpaired) electrons. The van der Waals surface area contributed by atoms with Gasteiger partial charge in [-0.1, -0.05) is 6.92 Å². The lowest BCUT2D eigenvalue weighted by molar-refractivity contribution is 0.149. The van der Waals surface area contributed by atoms with E-state index in [2.05, 4.69) is 36.1 Å². The molecule has 1 aromatic rings. The summed E-state index contributed by atoms with van der Waals surface area (Å²) in [5.41, 5.74) is 3.57. The molecule has 0 aliphatic carbocycles. The van der Waals surface area contributed by atoms with Gasteiger partial charge in [0, 0.05) is 24.5 Å². The smallest absolute Gasteiger partial charge is 0.0798 e. The number of aryl methyl sites for hydroxylation is 1. The summed E-state index contributed by atoms with van der Waals surface area (Å²) in [6, 6.07) is 0. The molecule has 0 bridgehead atoms. The summed E-state index contributed by atoms with van der Waals surface area (Å²) in [5, 5.41) is 3.51. The first-order valence-electron chi connectivity index (χ1n) is 6.37. The Labute approximate surface area is 108 Å². The molecule has 1 unspecified atom stereocenters. The number of nitrogens with zero attached hydrogens (tertiary/aromatic N) is 2.